The van der Waals surface area contributed by atoms with Crippen molar-refractivity contribution >= 4 is 34.2 Å². The zero-order valence-corrected chi connectivity index (χ0v) is 20.7. The summed E-state index contributed by atoms with van der Waals surface area (Å²) in [5.74, 6) is -2.58. The lowest BCUT2D eigenvalue weighted by Gasteiger charge is -2.48. The third-order valence-electron chi connectivity index (χ3n) is 7.78. The van der Waals surface area contributed by atoms with Gasteiger partial charge in [0.2, 0.25) is 5.92 Å². The Morgan fingerprint density at radius 2 is 1.69 bits per heavy atom. The molecule has 4 heterocycles. The second kappa shape index (κ2) is 9.19. The van der Waals surface area contributed by atoms with Gasteiger partial charge < -0.3 is 14.4 Å². The van der Waals surface area contributed by atoms with E-state index >= 15 is 0 Å². The molecule has 6 rings (SSSR count). The maximum Gasteiger partial charge on any atom is 0.282 e. The lowest BCUT2D eigenvalue weighted by molar-refractivity contribution is -0.0436. The summed E-state index contributed by atoms with van der Waals surface area (Å²) in [5.41, 5.74) is 2.20. The van der Waals surface area contributed by atoms with Crippen LogP contribution < -0.4 is 0 Å². The Bertz CT molecular complexity index is 1250. The Morgan fingerprint density at radius 3 is 2.39 bits per heavy atom. The number of amides is 2. The van der Waals surface area contributed by atoms with Gasteiger partial charge in [0.05, 0.1) is 17.4 Å². The van der Waals surface area contributed by atoms with E-state index in [1.165, 1.54) is 11.3 Å². The first kappa shape index (κ1) is 23.5. The Labute approximate surface area is 211 Å². The van der Waals surface area contributed by atoms with Gasteiger partial charge in [0.1, 0.15) is 0 Å². The molecule has 2 amide bonds. The number of fused-ring (bicyclic) bond motifs is 1. The summed E-state index contributed by atoms with van der Waals surface area (Å²) in [6.45, 7) is 4.26. The number of piperazine rings is 1. The molecule has 0 unspecified atom stereocenters. The van der Waals surface area contributed by atoms with Crippen LogP contribution in [0.3, 0.4) is 0 Å². The second-order valence-corrected chi connectivity index (χ2v) is 10.9. The predicted molar refractivity (Wildman–Crippen MR) is 131 cm³/mol. The Balaban J connectivity index is 1.03. The summed E-state index contributed by atoms with van der Waals surface area (Å²) < 4.78 is 29.1. The first-order chi connectivity index (χ1) is 17.4. The van der Waals surface area contributed by atoms with E-state index < -0.39 is 5.92 Å². The minimum absolute atomic E-state index is 0.00526. The van der Waals surface area contributed by atoms with Crippen molar-refractivity contribution in [2.75, 3.05) is 39.3 Å². The second-order valence-electron chi connectivity index (χ2n) is 9.97. The van der Waals surface area contributed by atoms with Crippen molar-refractivity contribution in [2.24, 2.45) is 0 Å². The Kier molecular flexibility index (Phi) is 5.99. The molecule has 190 valence electrons. The molecule has 1 aliphatic carbocycles. The molecular formula is C25H28F2N6O2S. The van der Waals surface area contributed by atoms with Gasteiger partial charge in [-0.15, -0.1) is 11.3 Å². The number of imidazole rings is 1. The van der Waals surface area contributed by atoms with Gasteiger partial charge in [-0.3, -0.25) is 14.5 Å². The van der Waals surface area contributed by atoms with Crippen molar-refractivity contribution in [1.29, 1.82) is 0 Å². The fraction of sp³-hybridized carbons (Fsp3) is 0.520. The van der Waals surface area contributed by atoms with Crippen molar-refractivity contribution in [2.45, 2.75) is 43.7 Å². The molecule has 3 aromatic rings. The minimum atomic E-state index is -2.56. The quantitative estimate of drug-likeness (QED) is 0.533. The molecular weight excluding hydrogens is 486 g/mol. The molecule has 36 heavy (non-hydrogen) atoms. The van der Waals surface area contributed by atoms with Gasteiger partial charge in [-0.05, 0) is 31.0 Å². The maximum atomic E-state index is 13.6. The standard InChI is InChI=1S/C25H28F2N6O2S/c26-25(27)5-3-18(4-6-25)33-16-29-20-13-17(1-2-21(20)33)23(34)32-14-19(15-32)30-8-10-31(11-9-30)24(35)22-28-7-12-36-22/h1-2,7,12-13,16,18-19H,3-6,8-11,14-15H2. The summed E-state index contributed by atoms with van der Waals surface area (Å²) in [7, 11) is 0. The zero-order chi connectivity index (χ0) is 24.9. The summed E-state index contributed by atoms with van der Waals surface area (Å²) >= 11 is 1.36. The van der Waals surface area contributed by atoms with Crippen molar-refractivity contribution in [3.05, 3.63) is 46.7 Å². The fourth-order valence-electron chi connectivity index (χ4n) is 5.55. The number of nitrogens with zero attached hydrogens (tertiary/aromatic N) is 6. The summed E-state index contributed by atoms with van der Waals surface area (Å²) in [6, 6.07) is 5.83. The van der Waals surface area contributed by atoms with Crippen LogP contribution in [0.5, 0.6) is 0 Å². The molecule has 0 N–H and O–H groups in total. The number of aromatic nitrogens is 3. The molecule has 0 bridgehead atoms. The number of carbonyl (C=O) groups is 2. The molecule has 8 nitrogen and oxygen atoms in total. The smallest absolute Gasteiger partial charge is 0.282 e. The number of hydrogen-bond donors (Lipinski definition) is 0. The normalized spacial score (nSPS) is 21.6. The lowest BCUT2D eigenvalue weighted by Crippen LogP contribution is -2.64. The molecule has 11 heteroatoms. The number of halogens is 2. The van der Waals surface area contributed by atoms with Crippen LogP contribution in [-0.2, 0) is 0 Å². The molecule has 2 aromatic heterocycles. The SMILES string of the molecule is O=C(c1ccc2c(c1)ncn2C1CCC(F)(F)CC1)N1CC(N2CCN(C(=O)c3nccs3)CC2)C1. The molecule has 0 atom stereocenters. The first-order valence-corrected chi connectivity index (χ1v) is 13.3. The number of alkyl halides is 2. The topological polar surface area (TPSA) is 74.6 Å². The summed E-state index contributed by atoms with van der Waals surface area (Å²) in [6.07, 6.45) is 4.04. The number of rotatable bonds is 4. The van der Waals surface area contributed by atoms with E-state index in [0.29, 0.717) is 55.6 Å². The van der Waals surface area contributed by atoms with Gasteiger partial charge in [0.25, 0.3) is 11.8 Å². The number of thiazole rings is 1. The van der Waals surface area contributed by atoms with Crippen LogP contribution >= 0.6 is 11.3 Å². The van der Waals surface area contributed by atoms with E-state index in [2.05, 4.69) is 14.9 Å². The number of hydrogen-bond acceptors (Lipinski definition) is 6. The lowest BCUT2D eigenvalue weighted by atomic mass is 9.92. The van der Waals surface area contributed by atoms with Crippen LogP contribution in [0.15, 0.2) is 36.1 Å². The van der Waals surface area contributed by atoms with Crippen LogP contribution in [0.1, 0.15) is 51.9 Å². The molecule has 1 aromatic carbocycles. The van der Waals surface area contributed by atoms with E-state index in [1.54, 1.807) is 12.5 Å². The highest BCUT2D eigenvalue weighted by atomic mass is 32.1. The Hall–Kier alpha value is -2.92. The zero-order valence-electron chi connectivity index (χ0n) is 19.9. The highest BCUT2D eigenvalue weighted by Gasteiger charge is 2.38. The molecule has 0 spiro atoms. The van der Waals surface area contributed by atoms with Gasteiger partial charge in [0, 0.05) is 81.3 Å². The molecule has 2 aliphatic heterocycles. The third kappa shape index (κ3) is 4.39. The highest BCUT2D eigenvalue weighted by Crippen LogP contribution is 2.39. The van der Waals surface area contributed by atoms with Gasteiger partial charge in [0.15, 0.2) is 5.01 Å². The van der Waals surface area contributed by atoms with Gasteiger partial charge in [-0.1, -0.05) is 0 Å². The average Bonchev–Trinajstić information content (AvgIpc) is 3.53. The number of likely N-dealkylation sites (tertiary alicyclic amines) is 1. The van der Waals surface area contributed by atoms with Crippen LogP contribution in [0.2, 0.25) is 0 Å². The van der Waals surface area contributed by atoms with Crippen molar-refractivity contribution in [3.63, 3.8) is 0 Å². The first-order valence-electron chi connectivity index (χ1n) is 12.4. The molecule has 1 saturated carbocycles. The molecule has 3 fully saturated rings. The van der Waals surface area contributed by atoms with Crippen molar-refractivity contribution in [1.82, 2.24) is 29.2 Å². The summed E-state index contributed by atoms with van der Waals surface area (Å²) in [4.78, 5) is 40.2. The fourth-order valence-corrected chi connectivity index (χ4v) is 6.15. The summed E-state index contributed by atoms with van der Waals surface area (Å²) in [5, 5.41) is 2.35. The van der Waals surface area contributed by atoms with Crippen molar-refractivity contribution < 1.29 is 18.4 Å². The van der Waals surface area contributed by atoms with E-state index in [0.717, 1.165) is 24.1 Å². The maximum absolute atomic E-state index is 13.6. The van der Waals surface area contributed by atoms with E-state index in [1.807, 2.05) is 37.9 Å². The third-order valence-corrected chi connectivity index (χ3v) is 8.55. The molecule has 2 saturated heterocycles. The minimum Gasteiger partial charge on any atom is -0.335 e. The predicted octanol–water partition coefficient (Wildman–Crippen LogP) is 3.53. The van der Waals surface area contributed by atoms with Crippen LogP contribution in [0.25, 0.3) is 11.0 Å². The molecule has 3 aliphatic rings. The van der Waals surface area contributed by atoms with Crippen LogP contribution in [-0.4, -0.2) is 92.3 Å². The van der Waals surface area contributed by atoms with Crippen LogP contribution in [0.4, 0.5) is 8.78 Å². The van der Waals surface area contributed by atoms with Gasteiger partial charge in [-0.2, -0.15) is 0 Å². The molecule has 0 radical (unpaired) electrons. The average molecular weight is 515 g/mol. The number of benzene rings is 1. The van der Waals surface area contributed by atoms with Crippen molar-refractivity contribution in [3.8, 4) is 0 Å². The number of carbonyl (C=O) groups excluding carboxylic acids is 2. The van der Waals surface area contributed by atoms with E-state index in [-0.39, 0.29) is 30.7 Å². The van der Waals surface area contributed by atoms with Gasteiger partial charge in [-0.25, -0.2) is 18.7 Å². The highest BCUT2D eigenvalue weighted by molar-refractivity contribution is 7.11. The largest absolute Gasteiger partial charge is 0.335 e. The van der Waals surface area contributed by atoms with Gasteiger partial charge >= 0.3 is 0 Å². The van der Waals surface area contributed by atoms with E-state index in [9.17, 15) is 18.4 Å². The Morgan fingerprint density at radius 1 is 0.944 bits per heavy atom. The monoisotopic (exact) mass is 514 g/mol. The van der Waals surface area contributed by atoms with E-state index in [4.69, 9.17) is 0 Å². The van der Waals surface area contributed by atoms with Crippen LogP contribution in [0, 0.1) is 0 Å².